The van der Waals surface area contributed by atoms with Crippen molar-refractivity contribution in [2.24, 2.45) is 57.6 Å². The summed E-state index contributed by atoms with van der Waals surface area (Å²) in [5.74, 6) is 2.59. The van der Waals surface area contributed by atoms with Gasteiger partial charge in [0.05, 0.1) is 18.4 Å². The molecule has 0 spiro atoms. The summed E-state index contributed by atoms with van der Waals surface area (Å²) in [6, 6.07) is -0.682. The SMILES string of the molecule is C.CC(N)(N)CCC(NC(=O)CCCC1CCC2C3C(O)CC4CCCCC4(C)C3CCC12C)C(=O)NCN. The van der Waals surface area contributed by atoms with Crippen molar-refractivity contribution in [3.63, 3.8) is 0 Å². The van der Waals surface area contributed by atoms with Crippen LogP contribution in [0, 0.1) is 40.4 Å². The molecule has 0 aliphatic heterocycles. The van der Waals surface area contributed by atoms with Gasteiger partial charge in [0.25, 0.3) is 0 Å². The van der Waals surface area contributed by atoms with Crippen LogP contribution in [-0.4, -0.2) is 41.4 Å². The van der Waals surface area contributed by atoms with Crippen LogP contribution < -0.4 is 27.8 Å². The smallest absolute Gasteiger partial charge is 0.243 e. The van der Waals surface area contributed by atoms with Gasteiger partial charge in [-0.1, -0.05) is 34.1 Å². The molecule has 0 radical (unpaired) electrons. The average molecular weight is 550 g/mol. The first kappa shape index (κ1) is 32.3. The normalized spacial score (nSPS) is 38.4. The summed E-state index contributed by atoms with van der Waals surface area (Å²) in [6.07, 6.45) is 14.1. The Hall–Kier alpha value is -1.22. The van der Waals surface area contributed by atoms with Crippen LogP contribution in [-0.2, 0) is 9.59 Å². The predicted molar refractivity (Wildman–Crippen MR) is 157 cm³/mol. The molecule has 8 nitrogen and oxygen atoms in total. The van der Waals surface area contributed by atoms with Crippen molar-refractivity contribution in [1.82, 2.24) is 10.6 Å². The number of hydrogen-bond donors (Lipinski definition) is 6. The van der Waals surface area contributed by atoms with Crippen LogP contribution in [0.3, 0.4) is 0 Å². The van der Waals surface area contributed by atoms with Gasteiger partial charge in [0.2, 0.25) is 11.8 Å². The van der Waals surface area contributed by atoms with Crippen molar-refractivity contribution in [3.05, 3.63) is 0 Å². The maximum atomic E-state index is 12.8. The Kier molecular flexibility index (Phi) is 10.6. The van der Waals surface area contributed by atoms with E-state index in [1.165, 1.54) is 51.4 Å². The Morgan fingerprint density at radius 1 is 1.05 bits per heavy atom. The number of aliphatic hydroxyl groups is 1. The van der Waals surface area contributed by atoms with Gasteiger partial charge in [-0.25, -0.2) is 0 Å². The Labute approximate surface area is 237 Å². The molecule has 4 rings (SSSR count). The van der Waals surface area contributed by atoms with E-state index in [0.29, 0.717) is 54.3 Å². The van der Waals surface area contributed by atoms with Gasteiger partial charge in [0.1, 0.15) is 6.04 Å². The molecule has 0 aromatic heterocycles. The molecule has 39 heavy (non-hydrogen) atoms. The van der Waals surface area contributed by atoms with Gasteiger partial charge in [-0.15, -0.1) is 0 Å². The Bertz CT molecular complexity index is 847. The summed E-state index contributed by atoms with van der Waals surface area (Å²) < 4.78 is 0. The molecule has 4 aliphatic rings. The number of rotatable bonds is 10. The van der Waals surface area contributed by atoms with Crippen molar-refractivity contribution < 1.29 is 14.7 Å². The molecule has 226 valence electrons. The number of nitrogens with one attached hydrogen (secondary N) is 2. The number of aliphatic hydroxyl groups excluding tert-OH is 1. The summed E-state index contributed by atoms with van der Waals surface area (Å²) in [5, 5.41) is 16.9. The van der Waals surface area contributed by atoms with Gasteiger partial charge in [-0.2, -0.15) is 0 Å². The highest BCUT2D eigenvalue weighted by Gasteiger charge is 2.61. The number of fused-ring (bicyclic) bond motifs is 5. The third kappa shape index (κ3) is 6.82. The van der Waals surface area contributed by atoms with Gasteiger partial charge in [-0.05, 0) is 118 Å². The molecular formula is C31H59N5O3. The third-order valence-corrected chi connectivity index (χ3v) is 11.7. The summed E-state index contributed by atoms with van der Waals surface area (Å²) in [6.45, 7) is 6.76. The second kappa shape index (κ2) is 12.7. The van der Waals surface area contributed by atoms with Gasteiger partial charge < -0.3 is 32.9 Å². The van der Waals surface area contributed by atoms with E-state index in [1.807, 2.05) is 0 Å². The first-order chi connectivity index (χ1) is 17.9. The molecule has 9 unspecified atom stereocenters. The summed E-state index contributed by atoms with van der Waals surface area (Å²) >= 11 is 0. The average Bonchev–Trinajstić information content (AvgIpc) is 3.18. The molecular weight excluding hydrogens is 490 g/mol. The number of hydrogen-bond acceptors (Lipinski definition) is 6. The van der Waals surface area contributed by atoms with E-state index in [2.05, 4.69) is 24.5 Å². The molecule has 0 aromatic carbocycles. The van der Waals surface area contributed by atoms with Gasteiger partial charge in [0.15, 0.2) is 0 Å². The predicted octanol–water partition coefficient (Wildman–Crippen LogP) is 3.74. The second-order valence-corrected chi connectivity index (χ2v) is 14.2. The fourth-order valence-electron chi connectivity index (χ4n) is 9.56. The first-order valence-corrected chi connectivity index (χ1v) is 15.4. The standard InChI is InChI=1S/C30H55N5O3.CH4/c1-28-14-5-4-7-20(28)17-24(36)26-21-11-10-19(29(21,2)15-12-22(26)28)8-6-9-25(37)35-23(27(38)34-18-31)13-16-30(3,32)33;/h19-24,26,36H,4-18,31-33H2,1-3H3,(H,34,38)(H,35,37);1H4. The molecule has 9 N–H and O–H groups in total. The van der Waals surface area contributed by atoms with Gasteiger partial charge in [0, 0.05) is 6.42 Å². The maximum Gasteiger partial charge on any atom is 0.243 e. The van der Waals surface area contributed by atoms with Crippen molar-refractivity contribution >= 4 is 11.8 Å². The number of nitrogens with two attached hydrogens (primary N) is 3. The largest absolute Gasteiger partial charge is 0.393 e. The Balaban J connectivity index is 0.00000420. The van der Waals surface area contributed by atoms with Crippen LogP contribution in [0.2, 0.25) is 0 Å². The minimum Gasteiger partial charge on any atom is -0.393 e. The highest BCUT2D eigenvalue weighted by molar-refractivity contribution is 5.87. The van der Waals surface area contributed by atoms with Crippen molar-refractivity contribution in [2.75, 3.05) is 6.67 Å². The lowest BCUT2D eigenvalue weighted by Crippen LogP contribution is -2.57. The van der Waals surface area contributed by atoms with E-state index in [4.69, 9.17) is 17.2 Å². The molecule has 2 amide bonds. The lowest BCUT2D eigenvalue weighted by atomic mass is 9.44. The van der Waals surface area contributed by atoms with Gasteiger partial charge >= 0.3 is 0 Å². The summed E-state index contributed by atoms with van der Waals surface area (Å²) in [5.41, 5.74) is 17.0. The topological polar surface area (TPSA) is 156 Å². The molecule has 4 aliphatic carbocycles. The fraction of sp³-hybridized carbons (Fsp3) is 0.935. The molecule has 0 bridgehead atoms. The molecule has 0 aromatic rings. The summed E-state index contributed by atoms with van der Waals surface area (Å²) in [4.78, 5) is 25.2. The Morgan fingerprint density at radius 3 is 2.46 bits per heavy atom. The summed E-state index contributed by atoms with van der Waals surface area (Å²) in [7, 11) is 0. The lowest BCUT2D eigenvalue weighted by molar-refractivity contribution is -0.162. The minimum atomic E-state index is -0.902. The zero-order valence-electron chi connectivity index (χ0n) is 24.1. The zero-order chi connectivity index (χ0) is 27.7. The number of carbonyl (C=O) groups excluding carboxylic acids is 2. The molecule has 0 heterocycles. The van der Waals surface area contributed by atoms with E-state index in [1.54, 1.807) is 6.92 Å². The van der Waals surface area contributed by atoms with Crippen LogP contribution in [0.5, 0.6) is 0 Å². The van der Waals surface area contributed by atoms with Crippen LogP contribution in [0.1, 0.15) is 118 Å². The maximum absolute atomic E-state index is 12.8. The molecule has 9 atom stereocenters. The first-order valence-electron chi connectivity index (χ1n) is 15.4. The second-order valence-electron chi connectivity index (χ2n) is 14.2. The van der Waals surface area contributed by atoms with E-state index < -0.39 is 11.7 Å². The van der Waals surface area contributed by atoms with Crippen molar-refractivity contribution in [3.8, 4) is 0 Å². The van der Waals surface area contributed by atoms with Crippen LogP contribution in [0.25, 0.3) is 0 Å². The Morgan fingerprint density at radius 2 is 1.77 bits per heavy atom. The monoisotopic (exact) mass is 549 g/mol. The van der Waals surface area contributed by atoms with Crippen molar-refractivity contribution in [1.29, 1.82) is 0 Å². The van der Waals surface area contributed by atoms with E-state index in [-0.39, 0.29) is 37.4 Å². The number of amides is 2. The van der Waals surface area contributed by atoms with E-state index in [9.17, 15) is 14.7 Å². The fourth-order valence-corrected chi connectivity index (χ4v) is 9.56. The molecule has 4 saturated carbocycles. The van der Waals surface area contributed by atoms with E-state index in [0.717, 1.165) is 19.3 Å². The molecule has 4 fully saturated rings. The lowest BCUT2D eigenvalue weighted by Gasteiger charge is -2.62. The molecule has 8 heteroatoms. The van der Waals surface area contributed by atoms with E-state index >= 15 is 0 Å². The highest BCUT2D eigenvalue weighted by Crippen LogP contribution is 2.67. The minimum absolute atomic E-state index is 0. The van der Waals surface area contributed by atoms with Crippen LogP contribution in [0.15, 0.2) is 0 Å². The highest BCUT2D eigenvalue weighted by atomic mass is 16.3. The van der Waals surface area contributed by atoms with Crippen LogP contribution >= 0.6 is 0 Å². The van der Waals surface area contributed by atoms with Gasteiger partial charge in [-0.3, -0.25) is 9.59 Å². The number of carbonyl (C=O) groups is 2. The van der Waals surface area contributed by atoms with Crippen LogP contribution in [0.4, 0.5) is 0 Å². The third-order valence-electron chi connectivity index (χ3n) is 11.7. The zero-order valence-corrected chi connectivity index (χ0v) is 24.1. The van der Waals surface area contributed by atoms with Crippen molar-refractivity contribution in [2.45, 2.75) is 136 Å². The molecule has 0 saturated heterocycles. The quantitative estimate of drug-likeness (QED) is 0.228.